The molecule has 3 rings (SSSR count). The number of furan rings is 1. The van der Waals surface area contributed by atoms with Crippen LogP contribution >= 0.6 is 0 Å². The predicted octanol–water partition coefficient (Wildman–Crippen LogP) is 3.05. The van der Waals surface area contributed by atoms with Gasteiger partial charge in [0.25, 0.3) is 11.7 Å². The van der Waals surface area contributed by atoms with Gasteiger partial charge in [-0.1, -0.05) is 26.0 Å². The molecule has 1 N–H and O–H groups in total. The lowest BCUT2D eigenvalue weighted by Gasteiger charge is -2.26. The smallest absolute Gasteiger partial charge is 0.295 e. The summed E-state index contributed by atoms with van der Waals surface area (Å²) in [7, 11) is 1.52. The van der Waals surface area contributed by atoms with Crippen LogP contribution in [0.1, 0.15) is 31.2 Å². The molecule has 1 fully saturated rings. The Balaban J connectivity index is 2.05. The summed E-state index contributed by atoms with van der Waals surface area (Å²) in [4.78, 5) is 29.3. The lowest BCUT2D eigenvalue weighted by molar-refractivity contribution is -0.140. The van der Waals surface area contributed by atoms with E-state index in [0.717, 1.165) is 13.1 Å². The molecular weight excluding hydrogens is 372 g/mol. The van der Waals surface area contributed by atoms with Crippen LogP contribution in [0.4, 0.5) is 0 Å². The summed E-state index contributed by atoms with van der Waals surface area (Å²) in [6, 6.07) is 9.38. The number of carbonyl (C=O) groups excluding carboxylic acids is 2. The molecule has 1 atom stereocenters. The number of nitrogens with zero attached hydrogens (tertiary/aromatic N) is 2. The van der Waals surface area contributed by atoms with Gasteiger partial charge in [0.2, 0.25) is 0 Å². The molecule has 0 bridgehead atoms. The molecule has 1 saturated heterocycles. The molecule has 1 aliphatic rings. The van der Waals surface area contributed by atoms with Crippen LogP contribution in [0.5, 0.6) is 5.75 Å². The Hall–Kier alpha value is -3.06. The molecule has 0 radical (unpaired) electrons. The molecule has 2 heterocycles. The van der Waals surface area contributed by atoms with Gasteiger partial charge in [-0.3, -0.25) is 9.59 Å². The van der Waals surface area contributed by atoms with Gasteiger partial charge in [-0.2, -0.15) is 0 Å². The second kappa shape index (κ2) is 8.96. The molecule has 154 valence electrons. The second-order valence-corrected chi connectivity index (χ2v) is 6.77. The van der Waals surface area contributed by atoms with E-state index in [1.807, 2.05) is 13.8 Å². The van der Waals surface area contributed by atoms with Gasteiger partial charge in [0.05, 0.1) is 18.9 Å². The van der Waals surface area contributed by atoms with Crippen molar-refractivity contribution in [2.45, 2.75) is 19.9 Å². The van der Waals surface area contributed by atoms with Crippen LogP contribution in [0.3, 0.4) is 0 Å². The predicted molar refractivity (Wildman–Crippen MR) is 108 cm³/mol. The minimum atomic E-state index is -0.772. The quantitative estimate of drug-likeness (QED) is 0.418. The number of hydrogen-bond donors (Lipinski definition) is 1. The number of hydrogen-bond acceptors (Lipinski definition) is 6. The third kappa shape index (κ3) is 4.05. The highest BCUT2D eigenvalue weighted by Gasteiger charge is 2.47. The molecule has 1 aromatic heterocycles. The van der Waals surface area contributed by atoms with E-state index in [0.29, 0.717) is 30.2 Å². The molecule has 2 aromatic rings. The van der Waals surface area contributed by atoms with Crippen LogP contribution in [-0.4, -0.2) is 59.9 Å². The monoisotopic (exact) mass is 398 g/mol. The van der Waals surface area contributed by atoms with Crippen molar-refractivity contribution in [3.05, 3.63) is 59.6 Å². The summed E-state index contributed by atoms with van der Waals surface area (Å²) in [5.74, 6) is -0.615. The largest absolute Gasteiger partial charge is 0.507 e. The molecule has 1 unspecified atom stereocenters. The SMILES string of the molecule is CCN(CC)CCN1C(=O)C(=O)/C(=C(/O)c2cccc(OC)c2)C1c1ccco1. The number of likely N-dealkylation sites (N-methyl/N-ethyl adjacent to an activating group) is 1. The van der Waals surface area contributed by atoms with Crippen LogP contribution in [0.2, 0.25) is 0 Å². The number of benzene rings is 1. The Morgan fingerprint density at radius 3 is 2.59 bits per heavy atom. The average molecular weight is 398 g/mol. The zero-order chi connectivity index (χ0) is 21.0. The molecule has 1 amide bonds. The molecule has 0 spiro atoms. The van der Waals surface area contributed by atoms with Crippen molar-refractivity contribution in [1.29, 1.82) is 0 Å². The zero-order valence-electron chi connectivity index (χ0n) is 16.9. The number of ketones is 1. The van der Waals surface area contributed by atoms with Gasteiger partial charge in [0.1, 0.15) is 23.3 Å². The van der Waals surface area contributed by atoms with Gasteiger partial charge in [-0.05, 0) is 37.4 Å². The van der Waals surface area contributed by atoms with Crippen molar-refractivity contribution >= 4 is 17.4 Å². The first kappa shape index (κ1) is 20.7. The number of rotatable bonds is 8. The van der Waals surface area contributed by atoms with E-state index in [4.69, 9.17) is 9.15 Å². The Labute approximate surface area is 170 Å². The Kier molecular flexibility index (Phi) is 6.39. The van der Waals surface area contributed by atoms with E-state index >= 15 is 0 Å². The highest BCUT2D eigenvalue weighted by atomic mass is 16.5. The number of amides is 1. The van der Waals surface area contributed by atoms with Gasteiger partial charge in [0.15, 0.2) is 0 Å². The van der Waals surface area contributed by atoms with Crippen LogP contribution < -0.4 is 4.74 Å². The van der Waals surface area contributed by atoms with Crippen LogP contribution in [0, 0.1) is 0 Å². The minimum Gasteiger partial charge on any atom is -0.507 e. The molecule has 7 heteroatoms. The second-order valence-electron chi connectivity index (χ2n) is 6.77. The number of Topliss-reactive ketones (excluding diaryl/α,β-unsaturated/α-hetero) is 1. The summed E-state index contributed by atoms with van der Waals surface area (Å²) in [6.07, 6.45) is 1.49. The molecular formula is C22H26N2O5. The third-order valence-corrected chi connectivity index (χ3v) is 5.25. The van der Waals surface area contributed by atoms with Crippen molar-refractivity contribution in [3.8, 4) is 5.75 Å². The van der Waals surface area contributed by atoms with Crippen molar-refractivity contribution in [2.75, 3.05) is 33.3 Å². The van der Waals surface area contributed by atoms with Crippen LogP contribution in [0.15, 0.2) is 52.7 Å². The number of methoxy groups -OCH3 is 1. The number of likely N-dealkylation sites (tertiary alicyclic amines) is 1. The van der Waals surface area contributed by atoms with Crippen molar-refractivity contribution in [2.24, 2.45) is 0 Å². The van der Waals surface area contributed by atoms with Crippen molar-refractivity contribution in [1.82, 2.24) is 9.80 Å². The third-order valence-electron chi connectivity index (χ3n) is 5.25. The average Bonchev–Trinajstić information content (AvgIpc) is 3.36. The number of ether oxygens (including phenoxy) is 1. The van der Waals surface area contributed by atoms with Crippen molar-refractivity contribution in [3.63, 3.8) is 0 Å². The molecule has 0 aliphatic carbocycles. The molecule has 0 saturated carbocycles. The Morgan fingerprint density at radius 2 is 1.97 bits per heavy atom. The first-order chi connectivity index (χ1) is 14.0. The summed E-state index contributed by atoms with van der Waals surface area (Å²) < 4.78 is 10.7. The zero-order valence-corrected chi connectivity index (χ0v) is 16.9. The summed E-state index contributed by atoms with van der Waals surface area (Å²) in [5, 5.41) is 11.0. The topological polar surface area (TPSA) is 83.2 Å². The van der Waals surface area contributed by atoms with Crippen molar-refractivity contribution < 1.29 is 23.8 Å². The minimum absolute atomic E-state index is 0.0257. The van der Waals surface area contributed by atoms with Gasteiger partial charge < -0.3 is 24.1 Å². The normalized spacial score (nSPS) is 18.6. The first-order valence-corrected chi connectivity index (χ1v) is 9.70. The summed E-state index contributed by atoms with van der Waals surface area (Å²) >= 11 is 0. The van der Waals surface area contributed by atoms with E-state index in [9.17, 15) is 14.7 Å². The fraction of sp³-hybridized carbons (Fsp3) is 0.364. The van der Waals surface area contributed by atoms with E-state index in [2.05, 4.69) is 4.90 Å². The molecule has 29 heavy (non-hydrogen) atoms. The maximum atomic E-state index is 12.9. The molecule has 1 aliphatic heterocycles. The maximum absolute atomic E-state index is 12.9. The van der Waals surface area contributed by atoms with Crippen LogP contribution in [0.25, 0.3) is 5.76 Å². The molecule has 1 aromatic carbocycles. The fourth-order valence-electron chi connectivity index (χ4n) is 3.57. The molecule has 7 nitrogen and oxygen atoms in total. The fourth-order valence-corrected chi connectivity index (χ4v) is 3.57. The highest BCUT2D eigenvalue weighted by molar-refractivity contribution is 6.46. The van der Waals surface area contributed by atoms with Gasteiger partial charge in [-0.15, -0.1) is 0 Å². The summed E-state index contributed by atoms with van der Waals surface area (Å²) in [5.41, 5.74) is 0.431. The van der Waals surface area contributed by atoms with Gasteiger partial charge in [0, 0.05) is 18.7 Å². The Bertz CT molecular complexity index is 900. The van der Waals surface area contributed by atoms with E-state index in [1.165, 1.54) is 18.3 Å². The standard InChI is InChI=1S/C22H26N2O5/c1-4-23(5-2)11-12-24-19(17-10-7-13-29-17)18(21(26)22(24)27)20(25)15-8-6-9-16(14-15)28-3/h6-10,13-14,19,25H,4-5,11-12H2,1-3H3/b20-18+. The number of carbonyl (C=O) groups is 2. The lowest BCUT2D eigenvalue weighted by Crippen LogP contribution is -2.37. The van der Waals surface area contributed by atoms with E-state index < -0.39 is 17.7 Å². The first-order valence-electron chi connectivity index (χ1n) is 9.70. The van der Waals surface area contributed by atoms with E-state index in [-0.39, 0.29) is 11.3 Å². The van der Waals surface area contributed by atoms with E-state index in [1.54, 1.807) is 36.4 Å². The summed E-state index contributed by atoms with van der Waals surface area (Å²) in [6.45, 7) is 6.75. The lowest BCUT2D eigenvalue weighted by atomic mass is 9.99. The number of aliphatic hydroxyl groups excluding tert-OH is 1. The maximum Gasteiger partial charge on any atom is 0.295 e. The highest BCUT2D eigenvalue weighted by Crippen LogP contribution is 2.39. The van der Waals surface area contributed by atoms with Gasteiger partial charge in [-0.25, -0.2) is 0 Å². The van der Waals surface area contributed by atoms with Crippen LogP contribution in [-0.2, 0) is 9.59 Å². The Morgan fingerprint density at radius 1 is 1.21 bits per heavy atom. The number of aliphatic hydroxyl groups is 1. The van der Waals surface area contributed by atoms with Gasteiger partial charge >= 0.3 is 0 Å².